The summed E-state index contributed by atoms with van der Waals surface area (Å²) in [4.78, 5) is 14.1. The summed E-state index contributed by atoms with van der Waals surface area (Å²) in [7, 11) is 4.22. The number of carbonyl (C=O) groups is 1. The second-order valence-corrected chi connectivity index (χ2v) is 8.50. The van der Waals surface area contributed by atoms with Gasteiger partial charge in [0.05, 0.1) is 5.92 Å². The Labute approximate surface area is 150 Å². The van der Waals surface area contributed by atoms with Crippen LogP contribution in [0.2, 0.25) is 0 Å². The first-order chi connectivity index (χ1) is 11.8. The van der Waals surface area contributed by atoms with Gasteiger partial charge in [0.25, 0.3) is 0 Å². The fourth-order valence-electron chi connectivity index (χ4n) is 4.75. The van der Waals surface area contributed by atoms with Crippen molar-refractivity contribution in [1.82, 2.24) is 4.90 Å². The maximum atomic E-state index is 14.2. The van der Waals surface area contributed by atoms with Crippen LogP contribution in [0.3, 0.4) is 0 Å². The first kappa shape index (κ1) is 18.4. The zero-order valence-electron chi connectivity index (χ0n) is 15.8. The van der Waals surface area contributed by atoms with Crippen LogP contribution in [0, 0.1) is 29.5 Å². The molecule has 138 valence electrons. The number of fused-ring (bicyclic) bond motifs is 2. The van der Waals surface area contributed by atoms with Gasteiger partial charge in [0.1, 0.15) is 11.6 Å². The first-order valence-electron chi connectivity index (χ1n) is 9.50. The van der Waals surface area contributed by atoms with Crippen LogP contribution in [0.4, 0.5) is 4.39 Å². The van der Waals surface area contributed by atoms with Crippen LogP contribution in [-0.2, 0) is 4.79 Å². The Balaban J connectivity index is 1.88. The molecule has 0 amide bonds. The van der Waals surface area contributed by atoms with Crippen LogP contribution in [0.1, 0.15) is 51.0 Å². The highest BCUT2D eigenvalue weighted by atomic mass is 19.1. The summed E-state index contributed by atoms with van der Waals surface area (Å²) >= 11 is 0. The summed E-state index contributed by atoms with van der Waals surface area (Å²) < 4.78 is 19.6. The van der Waals surface area contributed by atoms with Crippen molar-refractivity contribution in [2.24, 2.45) is 23.7 Å². The number of rotatable bonds is 5. The average Bonchev–Trinajstić information content (AvgIpc) is 2.91. The largest absolute Gasteiger partial charge is 0.426 e. The molecule has 3 nitrogen and oxygen atoms in total. The van der Waals surface area contributed by atoms with Crippen LogP contribution in [0.25, 0.3) is 0 Å². The van der Waals surface area contributed by atoms with Gasteiger partial charge in [-0.15, -0.1) is 0 Å². The van der Waals surface area contributed by atoms with E-state index < -0.39 is 0 Å². The smallest absolute Gasteiger partial charge is 0.313 e. The summed E-state index contributed by atoms with van der Waals surface area (Å²) in [5.41, 5.74) is 0.995. The van der Waals surface area contributed by atoms with Crippen LogP contribution >= 0.6 is 0 Å². The predicted octanol–water partition coefficient (Wildman–Crippen LogP) is 4.47. The number of ether oxygens (including phenoxy) is 1. The van der Waals surface area contributed by atoms with E-state index in [1.165, 1.54) is 25.3 Å². The third-order valence-corrected chi connectivity index (χ3v) is 5.88. The molecule has 2 bridgehead atoms. The van der Waals surface area contributed by atoms with Crippen molar-refractivity contribution in [3.63, 3.8) is 0 Å². The minimum absolute atomic E-state index is 0.223. The molecule has 0 spiro atoms. The topological polar surface area (TPSA) is 29.5 Å². The zero-order chi connectivity index (χ0) is 18.1. The molecule has 0 aromatic heterocycles. The van der Waals surface area contributed by atoms with E-state index >= 15 is 0 Å². The van der Waals surface area contributed by atoms with Crippen molar-refractivity contribution in [1.29, 1.82) is 0 Å². The molecule has 3 rings (SSSR count). The Morgan fingerprint density at radius 1 is 1.24 bits per heavy atom. The predicted molar refractivity (Wildman–Crippen MR) is 97.1 cm³/mol. The Kier molecular flexibility index (Phi) is 5.47. The molecule has 0 N–H and O–H groups in total. The molecule has 4 atom stereocenters. The van der Waals surface area contributed by atoms with Crippen molar-refractivity contribution in [3.05, 3.63) is 29.6 Å². The van der Waals surface area contributed by atoms with E-state index in [9.17, 15) is 9.18 Å². The number of halogens is 1. The standard InChI is InChI=1S/C21H30FNO2/c1-13(2)21(24)25-18-10-16(9-17(22)11-18)19-8-14-5-6-15(7-14)20(19)12-23(3)4/h9-11,13-15,19-20H,5-8,12H2,1-4H3/t14-,15+,19+,20+/m1/s1. The van der Waals surface area contributed by atoms with Gasteiger partial charge in [-0.2, -0.15) is 0 Å². The second kappa shape index (κ2) is 7.45. The second-order valence-electron chi connectivity index (χ2n) is 8.50. The van der Waals surface area contributed by atoms with Gasteiger partial charge in [-0.25, -0.2) is 4.39 Å². The summed E-state index contributed by atoms with van der Waals surface area (Å²) in [5, 5.41) is 0. The Hall–Kier alpha value is -1.42. The molecule has 2 saturated carbocycles. The molecule has 2 fully saturated rings. The van der Waals surface area contributed by atoms with Gasteiger partial charge in [0.2, 0.25) is 0 Å². The number of esters is 1. The minimum atomic E-state index is -0.315. The van der Waals surface area contributed by atoms with Gasteiger partial charge in [-0.05, 0) is 74.7 Å². The normalized spacial score (nSPS) is 28.6. The Morgan fingerprint density at radius 2 is 2.00 bits per heavy atom. The lowest BCUT2D eigenvalue weighted by atomic mass is 9.69. The summed E-state index contributed by atoms with van der Waals surface area (Å²) in [6, 6.07) is 4.86. The van der Waals surface area contributed by atoms with Crippen molar-refractivity contribution in [2.45, 2.75) is 45.4 Å². The molecular weight excluding hydrogens is 317 g/mol. The number of benzene rings is 1. The summed E-state index contributed by atoms with van der Waals surface area (Å²) in [5.74, 6) is 1.88. The van der Waals surface area contributed by atoms with Gasteiger partial charge in [-0.1, -0.05) is 20.3 Å². The minimum Gasteiger partial charge on any atom is -0.426 e. The molecular formula is C21H30FNO2. The lowest BCUT2D eigenvalue weighted by Gasteiger charge is -2.38. The van der Waals surface area contributed by atoms with E-state index in [0.717, 1.165) is 30.4 Å². The van der Waals surface area contributed by atoms with Gasteiger partial charge < -0.3 is 9.64 Å². The van der Waals surface area contributed by atoms with Crippen LogP contribution in [-0.4, -0.2) is 31.5 Å². The molecule has 2 aliphatic carbocycles. The Bertz CT molecular complexity index is 628. The van der Waals surface area contributed by atoms with E-state index in [-0.39, 0.29) is 17.7 Å². The molecule has 2 aliphatic rings. The fraction of sp³-hybridized carbons (Fsp3) is 0.667. The van der Waals surface area contributed by atoms with Gasteiger partial charge in [0.15, 0.2) is 0 Å². The van der Waals surface area contributed by atoms with Crippen LogP contribution < -0.4 is 4.74 Å². The number of hydrogen-bond donors (Lipinski definition) is 0. The average molecular weight is 347 g/mol. The van der Waals surface area contributed by atoms with Crippen molar-refractivity contribution in [2.75, 3.05) is 20.6 Å². The van der Waals surface area contributed by atoms with Crippen molar-refractivity contribution < 1.29 is 13.9 Å². The SMILES string of the molecule is CC(C)C(=O)Oc1cc(F)cc([C@@H]2C[C@@H]3CC[C@@H](C3)[C@@H]2CN(C)C)c1. The highest BCUT2D eigenvalue weighted by Gasteiger charge is 2.42. The molecule has 0 heterocycles. The van der Waals surface area contributed by atoms with E-state index in [0.29, 0.717) is 17.6 Å². The first-order valence-corrected chi connectivity index (χ1v) is 9.50. The molecule has 0 radical (unpaired) electrons. The molecule has 0 aliphatic heterocycles. The molecule has 4 heteroatoms. The molecule has 0 saturated heterocycles. The van der Waals surface area contributed by atoms with Crippen molar-refractivity contribution >= 4 is 5.97 Å². The molecule has 0 unspecified atom stereocenters. The molecule has 1 aromatic rings. The lowest BCUT2D eigenvalue weighted by Crippen LogP contribution is -2.34. The van der Waals surface area contributed by atoms with Gasteiger partial charge in [0, 0.05) is 12.6 Å². The van der Waals surface area contributed by atoms with Crippen LogP contribution in [0.5, 0.6) is 5.75 Å². The Morgan fingerprint density at radius 3 is 2.68 bits per heavy atom. The van der Waals surface area contributed by atoms with E-state index in [4.69, 9.17) is 4.74 Å². The molecule has 25 heavy (non-hydrogen) atoms. The monoisotopic (exact) mass is 347 g/mol. The summed E-state index contributed by atoms with van der Waals surface area (Å²) in [6.45, 7) is 4.60. The maximum Gasteiger partial charge on any atom is 0.313 e. The van der Waals surface area contributed by atoms with Gasteiger partial charge >= 0.3 is 5.97 Å². The van der Waals surface area contributed by atoms with E-state index in [1.54, 1.807) is 19.9 Å². The highest BCUT2D eigenvalue weighted by Crippen LogP contribution is 2.52. The number of hydrogen-bond acceptors (Lipinski definition) is 3. The molecule has 1 aromatic carbocycles. The quantitative estimate of drug-likeness (QED) is 0.581. The zero-order valence-corrected chi connectivity index (χ0v) is 15.8. The summed E-state index contributed by atoms with van der Waals surface area (Å²) in [6.07, 6.45) is 5.04. The number of nitrogens with zero attached hydrogens (tertiary/aromatic N) is 1. The van der Waals surface area contributed by atoms with Crippen LogP contribution in [0.15, 0.2) is 18.2 Å². The van der Waals surface area contributed by atoms with Gasteiger partial charge in [-0.3, -0.25) is 4.79 Å². The third kappa shape index (κ3) is 4.22. The number of carbonyl (C=O) groups excluding carboxylic acids is 1. The highest BCUT2D eigenvalue weighted by molar-refractivity contribution is 5.74. The lowest BCUT2D eigenvalue weighted by molar-refractivity contribution is -0.137. The van der Waals surface area contributed by atoms with E-state index in [1.807, 2.05) is 6.07 Å². The van der Waals surface area contributed by atoms with Crippen molar-refractivity contribution in [3.8, 4) is 5.75 Å². The fourth-order valence-corrected chi connectivity index (χ4v) is 4.75. The van der Waals surface area contributed by atoms with E-state index in [2.05, 4.69) is 19.0 Å². The third-order valence-electron chi connectivity index (χ3n) is 5.88. The maximum absolute atomic E-state index is 14.2.